The van der Waals surface area contributed by atoms with Crippen LogP contribution in [-0.4, -0.2) is 24.2 Å². The number of ether oxygens (including phenoxy) is 1. The summed E-state index contributed by atoms with van der Waals surface area (Å²) in [6.07, 6.45) is 4.17. The van der Waals surface area contributed by atoms with Gasteiger partial charge in [0.1, 0.15) is 0 Å². The van der Waals surface area contributed by atoms with Crippen molar-refractivity contribution < 1.29 is 14.3 Å². The summed E-state index contributed by atoms with van der Waals surface area (Å²) in [4.78, 5) is 25.9. The number of thioether (sulfide) groups is 1. The topological polar surface area (TPSA) is 55.4 Å². The van der Waals surface area contributed by atoms with Gasteiger partial charge in [0, 0.05) is 15.8 Å². The van der Waals surface area contributed by atoms with Gasteiger partial charge in [-0.3, -0.25) is 4.79 Å². The quantitative estimate of drug-likeness (QED) is 0.464. The Morgan fingerprint density at radius 3 is 2.67 bits per heavy atom. The molecule has 2 aromatic rings. The van der Waals surface area contributed by atoms with Crippen LogP contribution in [0.25, 0.3) is 6.08 Å². The zero-order valence-corrected chi connectivity index (χ0v) is 15.2. The van der Waals surface area contributed by atoms with Crippen LogP contribution >= 0.6 is 23.1 Å². The molecule has 0 unspecified atom stereocenters. The standard InChI is InChI=1S/C18H19NO3S2/c1-13(18(21)19-12-16-4-3-11-24-16)22-17(20)10-7-14-5-8-15(23-2)9-6-14/h3-11,13H,12H2,1-2H3,(H,19,21)/b10-7+/t13-/m0/s1. The SMILES string of the molecule is CSc1ccc(/C=C/C(=O)O[C@@H](C)C(=O)NCc2cccs2)cc1. The third kappa shape index (κ3) is 5.86. The lowest BCUT2D eigenvalue weighted by molar-refractivity contribution is -0.150. The number of rotatable bonds is 7. The Morgan fingerprint density at radius 2 is 2.04 bits per heavy atom. The van der Waals surface area contributed by atoms with Crippen molar-refractivity contribution in [3.05, 3.63) is 58.3 Å². The van der Waals surface area contributed by atoms with Gasteiger partial charge in [-0.2, -0.15) is 0 Å². The predicted octanol–water partition coefficient (Wildman–Crippen LogP) is 3.73. The smallest absolute Gasteiger partial charge is 0.331 e. The molecule has 0 fully saturated rings. The molecule has 1 heterocycles. The van der Waals surface area contributed by atoms with Crippen molar-refractivity contribution in [3.63, 3.8) is 0 Å². The van der Waals surface area contributed by atoms with Gasteiger partial charge in [0.15, 0.2) is 6.10 Å². The molecular weight excluding hydrogens is 342 g/mol. The Balaban J connectivity index is 1.79. The Labute approximate surface area is 149 Å². The molecule has 126 valence electrons. The second-order valence-electron chi connectivity index (χ2n) is 4.98. The predicted molar refractivity (Wildman–Crippen MR) is 99.0 cm³/mol. The van der Waals surface area contributed by atoms with Crippen molar-refractivity contribution in [2.24, 2.45) is 0 Å². The Bertz CT molecular complexity index is 694. The number of esters is 1. The van der Waals surface area contributed by atoms with Crippen LogP contribution in [0, 0.1) is 0 Å². The summed E-state index contributed by atoms with van der Waals surface area (Å²) >= 11 is 3.22. The summed E-state index contributed by atoms with van der Waals surface area (Å²) in [5, 5.41) is 4.69. The molecule has 0 saturated carbocycles. The summed E-state index contributed by atoms with van der Waals surface area (Å²) in [6.45, 7) is 2.00. The molecule has 1 aromatic carbocycles. The van der Waals surface area contributed by atoms with Crippen molar-refractivity contribution in [3.8, 4) is 0 Å². The van der Waals surface area contributed by atoms with Crippen molar-refractivity contribution in [1.82, 2.24) is 5.32 Å². The van der Waals surface area contributed by atoms with E-state index in [1.807, 2.05) is 48.0 Å². The first kappa shape index (κ1) is 18.3. The summed E-state index contributed by atoms with van der Waals surface area (Å²) in [7, 11) is 0. The molecule has 1 amide bonds. The molecule has 1 atom stereocenters. The van der Waals surface area contributed by atoms with Gasteiger partial charge < -0.3 is 10.1 Å². The van der Waals surface area contributed by atoms with Crippen LogP contribution in [0.4, 0.5) is 0 Å². The van der Waals surface area contributed by atoms with E-state index in [1.165, 1.54) is 6.08 Å². The summed E-state index contributed by atoms with van der Waals surface area (Å²) in [5.41, 5.74) is 0.902. The first-order valence-corrected chi connectivity index (χ1v) is 9.52. The highest BCUT2D eigenvalue weighted by Crippen LogP contribution is 2.15. The molecule has 0 spiro atoms. The number of benzene rings is 1. The lowest BCUT2D eigenvalue weighted by Crippen LogP contribution is -2.34. The van der Waals surface area contributed by atoms with Gasteiger partial charge in [-0.05, 0) is 48.4 Å². The van der Waals surface area contributed by atoms with E-state index in [1.54, 1.807) is 36.1 Å². The fraction of sp³-hybridized carbons (Fsp3) is 0.222. The molecule has 1 N–H and O–H groups in total. The Hall–Kier alpha value is -2.05. The average Bonchev–Trinajstić information content (AvgIpc) is 3.11. The van der Waals surface area contributed by atoms with Crippen molar-refractivity contribution in [1.29, 1.82) is 0 Å². The average molecular weight is 361 g/mol. The summed E-state index contributed by atoms with van der Waals surface area (Å²) in [5.74, 6) is -0.850. The second kappa shape index (κ2) is 9.30. The van der Waals surface area contributed by atoms with Gasteiger partial charge in [-0.25, -0.2) is 4.79 Å². The minimum absolute atomic E-state index is 0.311. The monoisotopic (exact) mass is 361 g/mol. The van der Waals surface area contributed by atoms with E-state index in [0.29, 0.717) is 6.54 Å². The van der Waals surface area contributed by atoms with Crippen LogP contribution in [0.3, 0.4) is 0 Å². The first-order chi connectivity index (χ1) is 11.6. The van der Waals surface area contributed by atoms with Crippen LogP contribution in [0.5, 0.6) is 0 Å². The number of amides is 1. The highest BCUT2D eigenvalue weighted by Gasteiger charge is 2.16. The van der Waals surface area contributed by atoms with E-state index in [9.17, 15) is 9.59 Å². The maximum absolute atomic E-state index is 11.9. The lowest BCUT2D eigenvalue weighted by Gasteiger charge is -2.11. The fourth-order valence-corrected chi connectivity index (χ4v) is 2.93. The zero-order chi connectivity index (χ0) is 17.4. The van der Waals surface area contributed by atoms with Crippen LogP contribution in [0.1, 0.15) is 17.4 Å². The normalized spacial score (nSPS) is 12.1. The Kier molecular flexibility index (Phi) is 7.08. The summed E-state index contributed by atoms with van der Waals surface area (Å²) in [6, 6.07) is 11.7. The van der Waals surface area contributed by atoms with Gasteiger partial charge in [-0.1, -0.05) is 18.2 Å². The van der Waals surface area contributed by atoms with Gasteiger partial charge in [0.25, 0.3) is 5.91 Å². The molecule has 24 heavy (non-hydrogen) atoms. The van der Waals surface area contributed by atoms with E-state index >= 15 is 0 Å². The fourth-order valence-electron chi connectivity index (χ4n) is 1.88. The van der Waals surface area contributed by atoms with Crippen LogP contribution < -0.4 is 5.32 Å². The highest BCUT2D eigenvalue weighted by atomic mass is 32.2. The number of thiophene rings is 1. The number of nitrogens with one attached hydrogen (secondary N) is 1. The van der Waals surface area contributed by atoms with Crippen molar-refractivity contribution in [2.45, 2.75) is 24.5 Å². The van der Waals surface area contributed by atoms with Crippen molar-refractivity contribution in [2.75, 3.05) is 6.26 Å². The van der Waals surface area contributed by atoms with Crippen LogP contribution in [-0.2, 0) is 20.9 Å². The summed E-state index contributed by atoms with van der Waals surface area (Å²) < 4.78 is 5.11. The van der Waals surface area contributed by atoms with Gasteiger partial charge in [-0.15, -0.1) is 23.1 Å². The number of hydrogen-bond acceptors (Lipinski definition) is 5. The number of carbonyl (C=O) groups is 2. The molecule has 0 aliphatic carbocycles. The third-order valence-electron chi connectivity index (χ3n) is 3.21. The first-order valence-electron chi connectivity index (χ1n) is 7.41. The zero-order valence-electron chi connectivity index (χ0n) is 13.5. The van der Waals surface area contributed by atoms with Crippen molar-refractivity contribution >= 4 is 41.1 Å². The lowest BCUT2D eigenvalue weighted by atomic mass is 10.2. The van der Waals surface area contributed by atoms with E-state index in [4.69, 9.17) is 4.74 Å². The minimum Gasteiger partial charge on any atom is -0.449 e. The molecule has 4 nitrogen and oxygen atoms in total. The van der Waals surface area contributed by atoms with E-state index in [-0.39, 0.29) is 5.91 Å². The van der Waals surface area contributed by atoms with E-state index in [0.717, 1.165) is 15.3 Å². The second-order valence-corrected chi connectivity index (χ2v) is 6.89. The molecule has 0 saturated heterocycles. The molecule has 6 heteroatoms. The van der Waals surface area contributed by atoms with Gasteiger partial charge in [0.2, 0.25) is 0 Å². The maximum atomic E-state index is 11.9. The minimum atomic E-state index is -0.832. The Morgan fingerprint density at radius 1 is 1.29 bits per heavy atom. The number of hydrogen-bond donors (Lipinski definition) is 1. The molecule has 0 bridgehead atoms. The van der Waals surface area contributed by atoms with Crippen LogP contribution in [0.15, 0.2) is 52.7 Å². The van der Waals surface area contributed by atoms with Crippen LogP contribution in [0.2, 0.25) is 0 Å². The molecule has 1 aromatic heterocycles. The highest BCUT2D eigenvalue weighted by molar-refractivity contribution is 7.98. The third-order valence-corrected chi connectivity index (χ3v) is 4.83. The largest absolute Gasteiger partial charge is 0.449 e. The maximum Gasteiger partial charge on any atom is 0.331 e. The van der Waals surface area contributed by atoms with Gasteiger partial charge in [0.05, 0.1) is 6.54 Å². The van der Waals surface area contributed by atoms with Gasteiger partial charge >= 0.3 is 5.97 Å². The molecule has 0 aliphatic heterocycles. The molecular formula is C18H19NO3S2. The molecule has 0 aliphatic rings. The molecule has 2 rings (SSSR count). The molecule has 0 radical (unpaired) electrons. The van der Waals surface area contributed by atoms with E-state index < -0.39 is 12.1 Å². The number of carbonyl (C=O) groups excluding carboxylic acids is 2. The van der Waals surface area contributed by atoms with E-state index in [2.05, 4.69) is 5.32 Å².